The second-order valence-corrected chi connectivity index (χ2v) is 6.90. The molecule has 3 heteroatoms. The van der Waals surface area contributed by atoms with Crippen LogP contribution in [0.1, 0.15) is 53.9 Å². The Balaban J connectivity index is 2.77. The summed E-state index contributed by atoms with van der Waals surface area (Å²) in [5.74, 6) is -0.519. The summed E-state index contributed by atoms with van der Waals surface area (Å²) in [5, 5.41) is 8.46. The SMILES string of the molecule is CC1=C(/C=C/C(C)=C\C=C\C(C)=C\C(=O)NO)C(C)(C)CCC1. The van der Waals surface area contributed by atoms with Crippen molar-refractivity contribution in [2.24, 2.45) is 5.41 Å². The van der Waals surface area contributed by atoms with Gasteiger partial charge in [0.2, 0.25) is 0 Å². The van der Waals surface area contributed by atoms with Crippen LogP contribution in [0.3, 0.4) is 0 Å². The molecule has 0 saturated heterocycles. The first-order valence-corrected chi connectivity index (χ1v) is 8.12. The summed E-state index contributed by atoms with van der Waals surface area (Å²) in [6, 6.07) is 0. The standard InChI is InChI=1S/C20H29NO2/c1-15(8-6-9-16(2)14-19(22)21-23)11-12-18-17(3)10-7-13-20(18,4)5/h6,8-9,11-12,14,23H,7,10,13H2,1-5H3,(H,21,22)/b9-6+,12-11+,15-8-,16-14+. The largest absolute Gasteiger partial charge is 0.288 e. The van der Waals surface area contributed by atoms with E-state index in [1.165, 1.54) is 36.5 Å². The maximum Gasteiger partial charge on any atom is 0.267 e. The van der Waals surface area contributed by atoms with Gasteiger partial charge >= 0.3 is 0 Å². The van der Waals surface area contributed by atoms with Crippen LogP contribution >= 0.6 is 0 Å². The summed E-state index contributed by atoms with van der Waals surface area (Å²) in [7, 11) is 0. The fourth-order valence-corrected chi connectivity index (χ4v) is 2.92. The van der Waals surface area contributed by atoms with E-state index in [-0.39, 0.29) is 5.41 Å². The van der Waals surface area contributed by atoms with Crippen molar-refractivity contribution >= 4 is 5.91 Å². The minimum absolute atomic E-state index is 0.256. The van der Waals surface area contributed by atoms with Crippen molar-refractivity contribution in [3.8, 4) is 0 Å². The topological polar surface area (TPSA) is 49.3 Å². The van der Waals surface area contributed by atoms with Crippen LogP contribution in [0.2, 0.25) is 0 Å². The van der Waals surface area contributed by atoms with Gasteiger partial charge in [0, 0.05) is 6.08 Å². The highest BCUT2D eigenvalue weighted by Gasteiger charge is 2.26. The molecule has 126 valence electrons. The van der Waals surface area contributed by atoms with Crippen LogP contribution in [0.5, 0.6) is 0 Å². The third-order valence-corrected chi connectivity index (χ3v) is 4.24. The number of nitrogens with one attached hydrogen (secondary N) is 1. The van der Waals surface area contributed by atoms with E-state index in [1.807, 2.05) is 25.2 Å². The van der Waals surface area contributed by atoms with Crippen molar-refractivity contribution < 1.29 is 10.0 Å². The predicted octanol–water partition coefficient (Wildman–Crippen LogP) is 5.02. The minimum Gasteiger partial charge on any atom is -0.288 e. The van der Waals surface area contributed by atoms with Gasteiger partial charge in [0.1, 0.15) is 0 Å². The van der Waals surface area contributed by atoms with Crippen LogP contribution in [-0.2, 0) is 4.79 Å². The van der Waals surface area contributed by atoms with Gasteiger partial charge in [-0.2, -0.15) is 0 Å². The highest BCUT2D eigenvalue weighted by molar-refractivity contribution is 5.87. The molecule has 0 aromatic rings. The van der Waals surface area contributed by atoms with E-state index in [0.29, 0.717) is 0 Å². The number of amides is 1. The van der Waals surface area contributed by atoms with Crippen molar-refractivity contribution in [3.63, 3.8) is 0 Å². The maximum atomic E-state index is 11.0. The van der Waals surface area contributed by atoms with Crippen molar-refractivity contribution in [1.82, 2.24) is 5.48 Å². The highest BCUT2D eigenvalue weighted by Crippen LogP contribution is 2.40. The van der Waals surface area contributed by atoms with E-state index >= 15 is 0 Å². The van der Waals surface area contributed by atoms with Crippen LogP contribution in [0.25, 0.3) is 0 Å². The van der Waals surface area contributed by atoms with Crippen LogP contribution in [0, 0.1) is 5.41 Å². The lowest BCUT2D eigenvalue weighted by atomic mass is 9.72. The van der Waals surface area contributed by atoms with Crippen LogP contribution in [0.15, 0.2) is 58.7 Å². The second-order valence-electron chi connectivity index (χ2n) is 6.90. The summed E-state index contributed by atoms with van der Waals surface area (Å²) in [5.41, 5.74) is 6.72. The minimum atomic E-state index is -0.519. The molecule has 0 aliphatic heterocycles. The van der Waals surface area contributed by atoms with Gasteiger partial charge in [0.05, 0.1) is 0 Å². The maximum absolute atomic E-state index is 11.0. The van der Waals surface area contributed by atoms with E-state index in [4.69, 9.17) is 5.21 Å². The first-order valence-electron chi connectivity index (χ1n) is 8.12. The molecule has 0 aromatic heterocycles. The molecular formula is C20H29NO2. The van der Waals surface area contributed by atoms with Crippen molar-refractivity contribution in [3.05, 3.63) is 58.7 Å². The van der Waals surface area contributed by atoms with E-state index in [1.54, 1.807) is 5.48 Å². The molecule has 0 atom stereocenters. The highest BCUT2D eigenvalue weighted by atomic mass is 16.5. The Morgan fingerprint density at radius 3 is 2.52 bits per heavy atom. The lowest BCUT2D eigenvalue weighted by Crippen LogP contribution is -2.19. The van der Waals surface area contributed by atoms with Crippen molar-refractivity contribution in [2.75, 3.05) is 0 Å². The number of carbonyl (C=O) groups is 1. The molecule has 0 heterocycles. The summed E-state index contributed by atoms with van der Waals surface area (Å²) >= 11 is 0. The van der Waals surface area contributed by atoms with Crippen LogP contribution < -0.4 is 5.48 Å². The lowest BCUT2D eigenvalue weighted by Gasteiger charge is -2.32. The number of allylic oxidation sites excluding steroid dienone is 9. The van der Waals surface area contributed by atoms with Gasteiger partial charge in [-0.25, -0.2) is 5.48 Å². The van der Waals surface area contributed by atoms with Gasteiger partial charge in [-0.05, 0) is 56.6 Å². The summed E-state index contributed by atoms with van der Waals surface area (Å²) in [4.78, 5) is 11.0. The predicted molar refractivity (Wildman–Crippen MR) is 96.1 cm³/mol. The van der Waals surface area contributed by atoms with Gasteiger partial charge < -0.3 is 0 Å². The molecule has 0 unspecified atom stereocenters. The van der Waals surface area contributed by atoms with Crippen LogP contribution in [-0.4, -0.2) is 11.1 Å². The van der Waals surface area contributed by atoms with E-state index in [2.05, 4.69) is 39.8 Å². The number of hydrogen-bond acceptors (Lipinski definition) is 2. The van der Waals surface area contributed by atoms with Crippen molar-refractivity contribution in [1.29, 1.82) is 0 Å². The average Bonchev–Trinajstić information content (AvgIpc) is 2.45. The molecule has 0 spiro atoms. The van der Waals surface area contributed by atoms with Gasteiger partial charge in [-0.3, -0.25) is 10.0 Å². The van der Waals surface area contributed by atoms with Crippen molar-refractivity contribution in [2.45, 2.75) is 53.9 Å². The Kier molecular flexibility index (Phi) is 7.24. The molecule has 3 nitrogen and oxygen atoms in total. The number of carbonyl (C=O) groups excluding carboxylic acids is 1. The molecule has 0 bridgehead atoms. The lowest BCUT2D eigenvalue weighted by molar-refractivity contribution is -0.124. The zero-order valence-electron chi connectivity index (χ0n) is 14.9. The molecule has 1 amide bonds. The van der Waals surface area contributed by atoms with Crippen LogP contribution in [0.4, 0.5) is 0 Å². The molecule has 0 saturated carbocycles. The van der Waals surface area contributed by atoms with Gasteiger partial charge in [-0.1, -0.05) is 55.4 Å². The first kappa shape index (κ1) is 19.2. The second kappa shape index (κ2) is 8.68. The summed E-state index contributed by atoms with van der Waals surface area (Å²) < 4.78 is 0. The molecule has 1 aliphatic carbocycles. The van der Waals surface area contributed by atoms with E-state index in [9.17, 15) is 4.79 Å². The Labute approximate surface area is 140 Å². The normalized spacial score (nSPS) is 19.7. The molecule has 2 N–H and O–H groups in total. The average molecular weight is 315 g/mol. The number of hydroxylamine groups is 1. The Hall–Kier alpha value is -1.87. The quantitative estimate of drug-likeness (QED) is 0.324. The Bertz CT molecular complexity index is 587. The summed E-state index contributed by atoms with van der Waals surface area (Å²) in [6.45, 7) is 10.7. The third-order valence-electron chi connectivity index (χ3n) is 4.24. The Morgan fingerprint density at radius 2 is 1.91 bits per heavy atom. The zero-order valence-corrected chi connectivity index (χ0v) is 14.9. The molecule has 0 fully saturated rings. The Morgan fingerprint density at radius 1 is 1.22 bits per heavy atom. The fourth-order valence-electron chi connectivity index (χ4n) is 2.92. The smallest absolute Gasteiger partial charge is 0.267 e. The van der Waals surface area contributed by atoms with Gasteiger partial charge in [-0.15, -0.1) is 0 Å². The molecule has 1 aliphatic rings. The molecule has 0 aromatic carbocycles. The monoisotopic (exact) mass is 315 g/mol. The van der Waals surface area contributed by atoms with Gasteiger partial charge in [0.15, 0.2) is 0 Å². The zero-order chi connectivity index (χ0) is 17.5. The van der Waals surface area contributed by atoms with E-state index in [0.717, 1.165) is 11.1 Å². The van der Waals surface area contributed by atoms with Gasteiger partial charge in [0.25, 0.3) is 5.91 Å². The summed E-state index contributed by atoms with van der Waals surface area (Å²) in [6.07, 6.45) is 15.2. The fraction of sp³-hybridized carbons (Fsp3) is 0.450. The number of hydrogen-bond donors (Lipinski definition) is 2. The molecule has 0 radical (unpaired) electrons. The third kappa shape index (κ3) is 6.41. The molecule has 23 heavy (non-hydrogen) atoms. The number of rotatable bonds is 5. The first-order chi connectivity index (χ1) is 10.8. The van der Waals surface area contributed by atoms with E-state index < -0.39 is 5.91 Å². The molecular weight excluding hydrogens is 286 g/mol. The molecule has 1 rings (SSSR count).